The van der Waals surface area contributed by atoms with Crippen molar-refractivity contribution in [3.8, 4) is 0 Å². The minimum absolute atomic E-state index is 0.0501. The first-order valence-corrected chi connectivity index (χ1v) is 24.8. The van der Waals surface area contributed by atoms with Gasteiger partial charge in [0.05, 0.1) is 39.9 Å². The second-order valence-corrected chi connectivity index (χ2v) is 18.3. The Kier molecular flexibility index (Phi) is 38.6. The summed E-state index contributed by atoms with van der Waals surface area (Å²) in [4.78, 5) is 25.4. The Morgan fingerprint density at radius 1 is 0.627 bits per heavy atom. The lowest BCUT2D eigenvalue weighted by Crippen LogP contribution is -2.51. The van der Waals surface area contributed by atoms with E-state index in [9.17, 15) is 24.5 Å². The highest BCUT2D eigenvalue weighted by atomic mass is 31.2. The fourth-order valence-corrected chi connectivity index (χ4v) is 7.04. The van der Waals surface area contributed by atoms with Gasteiger partial charge < -0.3 is 34.0 Å². The maximum atomic E-state index is 12.9. The summed E-state index contributed by atoms with van der Waals surface area (Å²) < 4.78 is 23.1. The average molecular weight is 849 g/mol. The first-order valence-electron chi connectivity index (χ1n) is 23.4. The number of phosphoric ester groups is 1. The number of hydrogen-bond acceptors (Lipinski definition) is 7. The molecule has 59 heavy (non-hydrogen) atoms. The third-order valence-electron chi connectivity index (χ3n) is 10.1. The predicted molar refractivity (Wildman–Crippen MR) is 248 cm³/mol. The summed E-state index contributed by atoms with van der Waals surface area (Å²) in [6, 6.07) is -1.09. The van der Waals surface area contributed by atoms with Crippen LogP contribution in [-0.4, -0.2) is 79.8 Å². The van der Waals surface area contributed by atoms with Crippen LogP contribution in [0.2, 0.25) is 0 Å². The van der Waals surface area contributed by atoms with Crippen LogP contribution in [-0.2, 0) is 18.4 Å². The Bertz CT molecular complexity index is 1210. The van der Waals surface area contributed by atoms with Gasteiger partial charge in [-0.15, -0.1) is 0 Å². The Labute approximate surface area is 362 Å². The van der Waals surface area contributed by atoms with Gasteiger partial charge in [-0.25, -0.2) is 0 Å². The van der Waals surface area contributed by atoms with Crippen molar-refractivity contribution in [2.45, 2.75) is 193 Å². The van der Waals surface area contributed by atoms with Crippen molar-refractivity contribution in [3.63, 3.8) is 0 Å². The number of aliphatic hydroxyl groups is 2. The van der Waals surface area contributed by atoms with E-state index in [0.29, 0.717) is 23.9 Å². The number of carbonyl (C=O) groups excluding carboxylic acids is 1. The van der Waals surface area contributed by atoms with E-state index in [-0.39, 0.29) is 18.9 Å². The number of quaternary nitrogens is 1. The van der Waals surface area contributed by atoms with Crippen LogP contribution >= 0.6 is 7.82 Å². The SMILES string of the molecule is CC/C=C\C/C=C\C/C=C\C/C=C\C/C=C\C/C=C\CCCCCCC(=O)NC(COP(=O)([O-])OCC[N+](C)(C)C)C(O)C(O)CCCCCCCCCCCCCC. The van der Waals surface area contributed by atoms with Gasteiger partial charge in [-0.1, -0.05) is 177 Å². The van der Waals surface area contributed by atoms with E-state index in [0.717, 1.165) is 89.9 Å². The average Bonchev–Trinajstić information content (AvgIpc) is 3.19. The van der Waals surface area contributed by atoms with Crippen LogP contribution in [0.25, 0.3) is 0 Å². The van der Waals surface area contributed by atoms with Crippen LogP contribution in [0.3, 0.4) is 0 Å². The van der Waals surface area contributed by atoms with Gasteiger partial charge in [0.25, 0.3) is 7.82 Å². The third kappa shape index (κ3) is 41.0. The van der Waals surface area contributed by atoms with Crippen LogP contribution in [0.5, 0.6) is 0 Å². The predicted octanol–water partition coefficient (Wildman–Crippen LogP) is 11.5. The Hall–Kier alpha value is -2.10. The number of likely N-dealkylation sites (N-methyl/N-ethyl adjacent to an activating group) is 1. The molecule has 0 aromatic heterocycles. The van der Waals surface area contributed by atoms with Crippen molar-refractivity contribution >= 4 is 13.7 Å². The summed E-state index contributed by atoms with van der Waals surface area (Å²) >= 11 is 0. The molecule has 0 aliphatic carbocycles. The normalized spacial score (nSPS) is 15.5. The molecule has 0 saturated carbocycles. The molecule has 0 radical (unpaired) electrons. The highest BCUT2D eigenvalue weighted by Gasteiger charge is 2.29. The second kappa shape index (κ2) is 40.0. The zero-order valence-corrected chi connectivity index (χ0v) is 39.2. The molecule has 0 aliphatic rings. The molecule has 9 nitrogen and oxygen atoms in total. The van der Waals surface area contributed by atoms with Gasteiger partial charge in [-0.3, -0.25) is 9.36 Å². The first-order chi connectivity index (χ1) is 28.4. The molecule has 342 valence electrons. The Morgan fingerprint density at radius 3 is 1.56 bits per heavy atom. The van der Waals surface area contributed by atoms with E-state index in [1.54, 1.807) is 0 Å². The number of carbonyl (C=O) groups is 1. The first kappa shape index (κ1) is 56.9. The minimum Gasteiger partial charge on any atom is -0.756 e. The molecule has 0 aromatic rings. The zero-order chi connectivity index (χ0) is 43.7. The smallest absolute Gasteiger partial charge is 0.268 e. The van der Waals surface area contributed by atoms with E-state index in [1.165, 1.54) is 51.4 Å². The molecule has 0 heterocycles. The van der Waals surface area contributed by atoms with Gasteiger partial charge in [0.1, 0.15) is 19.3 Å². The molecular weight excluding hydrogens is 760 g/mol. The summed E-state index contributed by atoms with van der Waals surface area (Å²) in [5, 5.41) is 24.6. The molecule has 0 bridgehead atoms. The number of nitrogens with zero attached hydrogens (tertiary/aromatic N) is 1. The fraction of sp³-hybridized carbons (Fsp3) is 0.735. The molecule has 0 saturated heterocycles. The topological polar surface area (TPSA) is 128 Å². The van der Waals surface area contributed by atoms with Gasteiger partial charge in [0.2, 0.25) is 5.91 Å². The molecule has 0 rings (SSSR count). The summed E-state index contributed by atoms with van der Waals surface area (Å²) in [7, 11) is 1.09. The van der Waals surface area contributed by atoms with Gasteiger partial charge in [-0.05, 0) is 64.2 Å². The Morgan fingerprint density at radius 2 is 1.07 bits per heavy atom. The summed E-state index contributed by atoms with van der Waals surface area (Å²) in [5.74, 6) is -0.307. The highest BCUT2D eigenvalue weighted by molar-refractivity contribution is 7.45. The van der Waals surface area contributed by atoms with E-state index >= 15 is 0 Å². The van der Waals surface area contributed by atoms with Crippen LogP contribution in [0.15, 0.2) is 72.9 Å². The molecule has 0 fully saturated rings. The standard InChI is InChI=1S/C49H89N2O7P/c1-6-8-10-12-14-16-18-20-21-22-23-24-25-26-27-28-29-30-32-34-36-38-40-42-48(53)50-46(45-58-59(55,56)57-44-43-51(3,4)5)49(54)47(52)41-39-37-35-33-31-19-17-15-13-11-9-7-2/h8,10,14,16,20-21,23-24,26-27,29-30,46-47,49,52,54H,6-7,9,11-13,15,17-19,22,25,28,31-45H2,1-5H3,(H-,50,53,55,56)/b10-8-,16-14-,21-20-,24-23-,27-26-,30-29-. The molecule has 4 unspecified atom stereocenters. The van der Waals surface area contributed by atoms with Crippen LogP contribution < -0.4 is 10.2 Å². The Balaban J connectivity index is 4.50. The van der Waals surface area contributed by atoms with E-state index in [2.05, 4.69) is 92.1 Å². The van der Waals surface area contributed by atoms with Crippen LogP contribution in [0.1, 0.15) is 174 Å². The number of rotatable bonds is 41. The number of amides is 1. The van der Waals surface area contributed by atoms with Gasteiger partial charge in [0, 0.05) is 6.42 Å². The van der Waals surface area contributed by atoms with Crippen molar-refractivity contribution in [1.82, 2.24) is 5.32 Å². The largest absolute Gasteiger partial charge is 0.756 e. The summed E-state index contributed by atoms with van der Waals surface area (Å²) in [5.41, 5.74) is 0. The molecule has 0 aliphatic heterocycles. The molecule has 0 spiro atoms. The van der Waals surface area contributed by atoms with Gasteiger partial charge in [-0.2, -0.15) is 0 Å². The minimum atomic E-state index is -4.68. The molecule has 3 N–H and O–H groups in total. The quantitative estimate of drug-likeness (QED) is 0.0242. The molecule has 0 aromatic carbocycles. The molecule has 10 heteroatoms. The number of phosphoric acid groups is 1. The lowest BCUT2D eigenvalue weighted by atomic mass is 9.99. The summed E-state index contributed by atoms with van der Waals surface area (Å²) in [6.45, 7) is 4.28. The second-order valence-electron chi connectivity index (χ2n) is 16.9. The van der Waals surface area contributed by atoms with E-state index in [1.807, 2.05) is 21.1 Å². The lowest BCUT2D eigenvalue weighted by molar-refractivity contribution is -0.870. The molecular formula is C49H89N2O7P. The van der Waals surface area contributed by atoms with E-state index < -0.39 is 32.7 Å². The lowest BCUT2D eigenvalue weighted by Gasteiger charge is -2.31. The van der Waals surface area contributed by atoms with Crippen LogP contribution in [0.4, 0.5) is 0 Å². The van der Waals surface area contributed by atoms with Gasteiger partial charge in [0.15, 0.2) is 0 Å². The molecule has 1 amide bonds. The highest BCUT2D eigenvalue weighted by Crippen LogP contribution is 2.38. The summed E-state index contributed by atoms with van der Waals surface area (Å²) in [6.07, 6.45) is 49.3. The van der Waals surface area contributed by atoms with Crippen molar-refractivity contribution in [1.29, 1.82) is 0 Å². The van der Waals surface area contributed by atoms with Crippen molar-refractivity contribution < 1.29 is 38.0 Å². The zero-order valence-electron chi connectivity index (χ0n) is 38.3. The van der Waals surface area contributed by atoms with Crippen LogP contribution in [0, 0.1) is 0 Å². The van der Waals surface area contributed by atoms with Crippen molar-refractivity contribution in [2.24, 2.45) is 0 Å². The number of hydrogen-bond donors (Lipinski definition) is 3. The maximum Gasteiger partial charge on any atom is 0.268 e. The number of nitrogens with one attached hydrogen (secondary N) is 1. The number of aliphatic hydroxyl groups excluding tert-OH is 2. The number of unbranched alkanes of at least 4 members (excludes halogenated alkanes) is 15. The maximum absolute atomic E-state index is 12.9. The van der Waals surface area contributed by atoms with Crippen molar-refractivity contribution in [3.05, 3.63) is 72.9 Å². The molecule has 4 atom stereocenters. The van der Waals surface area contributed by atoms with E-state index in [4.69, 9.17) is 9.05 Å². The fourth-order valence-electron chi connectivity index (χ4n) is 6.31. The number of allylic oxidation sites excluding steroid dienone is 12. The van der Waals surface area contributed by atoms with Crippen molar-refractivity contribution in [2.75, 3.05) is 40.9 Å². The van der Waals surface area contributed by atoms with Gasteiger partial charge >= 0.3 is 0 Å². The third-order valence-corrected chi connectivity index (χ3v) is 11.0. The monoisotopic (exact) mass is 849 g/mol.